The fourth-order valence-corrected chi connectivity index (χ4v) is 4.29. The SMILES string of the molecule is CCC(Sc1nnc2c3ccccc3n(C)c2n1)C(=O)Nc1nnc(C(F)(F)F)s1. The van der Waals surface area contributed by atoms with Crippen molar-refractivity contribution in [1.29, 1.82) is 0 Å². The van der Waals surface area contributed by atoms with E-state index in [-0.39, 0.29) is 16.5 Å². The molecule has 0 aliphatic rings. The lowest BCUT2D eigenvalue weighted by molar-refractivity contribution is -0.138. The number of aromatic nitrogens is 6. The number of halogens is 3. The van der Waals surface area contributed by atoms with Gasteiger partial charge < -0.3 is 4.57 Å². The van der Waals surface area contributed by atoms with Crippen LogP contribution in [0.25, 0.3) is 22.1 Å². The van der Waals surface area contributed by atoms with Gasteiger partial charge in [0.05, 0.1) is 10.8 Å². The minimum absolute atomic E-state index is 0.213. The van der Waals surface area contributed by atoms with Crippen LogP contribution >= 0.6 is 23.1 Å². The van der Waals surface area contributed by atoms with E-state index >= 15 is 0 Å². The van der Waals surface area contributed by atoms with E-state index in [1.165, 1.54) is 0 Å². The van der Waals surface area contributed by atoms with E-state index in [1.807, 2.05) is 35.9 Å². The van der Waals surface area contributed by atoms with Crippen LogP contribution < -0.4 is 5.32 Å². The van der Waals surface area contributed by atoms with E-state index in [9.17, 15) is 18.0 Å². The zero-order valence-corrected chi connectivity index (χ0v) is 17.3. The molecule has 0 saturated carbocycles. The van der Waals surface area contributed by atoms with Crippen molar-refractivity contribution in [2.75, 3.05) is 5.32 Å². The van der Waals surface area contributed by atoms with Crippen LogP contribution in [0.2, 0.25) is 0 Å². The second kappa shape index (κ2) is 7.80. The number of nitrogens with zero attached hydrogens (tertiary/aromatic N) is 6. The topological polar surface area (TPSA) is 98.5 Å². The number of amides is 1. The number of thioether (sulfide) groups is 1. The summed E-state index contributed by atoms with van der Waals surface area (Å²) in [5.41, 5.74) is 2.24. The number of carbonyl (C=O) groups excluding carboxylic acids is 1. The lowest BCUT2D eigenvalue weighted by Gasteiger charge is -2.11. The standard InChI is InChI=1S/C17H14F3N7OS2/c1-3-10(13(28)22-16-26-24-14(30-16)17(18,19)20)29-15-21-12-11(23-25-15)8-6-4-5-7-9(8)27(12)2/h4-7,10H,3H2,1-2H3,(H,22,26,28). The van der Waals surface area contributed by atoms with Gasteiger partial charge in [-0.25, -0.2) is 4.98 Å². The number of rotatable bonds is 5. The summed E-state index contributed by atoms with van der Waals surface area (Å²) in [7, 11) is 1.87. The molecule has 0 spiro atoms. The predicted molar refractivity (Wildman–Crippen MR) is 107 cm³/mol. The van der Waals surface area contributed by atoms with Crippen molar-refractivity contribution in [1.82, 2.24) is 29.9 Å². The van der Waals surface area contributed by atoms with Crippen LogP contribution in [0.15, 0.2) is 29.4 Å². The first-order valence-electron chi connectivity index (χ1n) is 8.74. The normalized spacial score (nSPS) is 13.1. The number of anilines is 1. The van der Waals surface area contributed by atoms with Gasteiger partial charge in [-0.05, 0) is 12.5 Å². The third kappa shape index (κ3) is 3.81. The van der Waals surface area contributed by atoms with Crippen molar-refractivity contribution in [3.8, 4) is 0 Å². The largest absolute Gasteiger partial charge is 0.445 e. The smallest absolute Gasteiger partial charge is 0.327 e. The highest BCUT2D eigenvalue weighted by Crippen LogP contribution is 2.33. The van der Waals surface area contributed by atoms with Crippen LogP contribution in [0.1, 0.15) is 18.4 Å². The van der Waals surface area contributed by atoms with Crippen molar-refractivity contribution < 1.29 is 18.0 Å². The lowest BCUT2D eigenvalue weighted by atomic mass is 10.2. The van der Waals surface area contributed by atoms with Gasteiger partial charge in [-0.1, -0.05) is 48.2 Å². The molecule has 8 nitrogen and oxygen atoms in total. The van der Waals surface area contributed by atoms with E-state index < -0.39 is 22.3 Å². The van der Waals surface area contributed by atoms with Crippen LogP contribution in [-0.4, -0.2) is 41.1 Å². The summed E-state index contributed by atoms with van der Waals surface area (Å²) in [6.07, 6.45) is -4.20. The molecule has 13 heteroatoms. The average Bonchev–Trinajstić information content (AvgIpc) is 3.30. The zero-order valence-electron chi connectivity index (χ0n) is 15.6. The summed E-state index contributed by atoms with van der Waals surface area (Å²) < 4.78 is 39.9. The first-order chi connectivity index (χ1) is 14.3. The van der Waals surface area contributed by atoms with E-state index in [0.29, 0.717) is 22.7 Å². The molecule has 156 valence electrons. The quantitative estimate of drug-likeness (QED) is 0.458. The molecule has 4 rings (SSSR count). The zero-order chi connectivity index (χ0) is 21.5. The number of para-hydroxylation sites is 1. The van der Waals surface area contributed by atoms with Gasteiger partial charge in [0, 0.05) is 12.4 Å². The Balaban J connectivity index is 1.55. The van der Waals surface area contributed by atoms with Crippen LogP contribution in [0.5, 0.6) is 0 Å². The summed E-state index contributed by atoms with van der Waals surface area (Å²) in [4.78, 5) is 17.0. The number of hydrogen-bond acceptors (Lipinski definition) is 8. The number of carbonyl (C=O) groups is 1. The molecular formula is C17H14F3N7OS2. The van der Waals surface area contributed by atoms with E-state index in [1.54, 1.807) is 6.92 Å². The Hall–Kier alpha value is -2.80. The molecule has 1 N–H and O–H groups in total. The molecule has 30 heavy (non-hydrogen) atoms. The van der Waals surface area contributed by atoms with Crippen molar-refractivity contribution in [2.45, 2.75) is 29.9 Å². The van der Waals surface area contributed by atoms with E-state index in [4.69, 9.17) is 0 Å². The van der Waals surface area contributed by atoms with Crippen LogP contribution in [0.4, 0.5) is 18.3 Å². The van der Waals surface area contributed by atoms with Crippen LogP contribution in [0, 0.1) is 0 Å². The molecular weight excluding hydrogens is 439 g/mol. The fraction of sp³-hybridized carbons (Fsp3) is 0.294. The Morgan fingerprint density at radius 2 is 2.00 bits per heavy atom. The number of benzene rings is 1. The van der Waals surface area contributed by atoms with Crippen molar-refractivity contribution >= 4 is 56.2 Å². The molecule has 0 radical (unpaired) electrons. The average molecular weight is 453 g/mol. The number of alkyl halides is 3. The van der Waals surface area contributed by atoms with Gasteiger partial charge in [-0.3, -0.25) is 10.1 Å². The maximum Gasteiger partial charge on any atom is 0.445 e. The third-order valence-corrected chi connectivity index (χ3v) is 6.39. The molecule has 3 aromatic heterocycles. The molecule has 1 atom stereocenters. The van der Waals surface area contributed by atoms with Crippen molar-refractivity contribution in [3.63, 3.8) is 0 Å². The number of nitrogens with one attached hydrogen (secondary N) is 1. The Kier molecular flexibility index (Phi) is 5.32. The molecule has 0 fully saturated rings. The molecule has 0 saturated heterocycles. The van der Waals surface area contributed by atoms with Crippen LogP contribution in [0.3, 0.4) is 0 Å². The van der Waals surface area contributed by atoms with E-state index in [2.05, 4.69) is 30.7 Å². The maximum atomic E-state index is 12.7. The van der Waals surface area contributed by atoms with Gasteiger partial charge >= 0.3 is 6.18 Å². The van der Waals surface area contributed by atoms with E-state index in [0.717, 1.165) is 22.7 Å². The van der Waals surface area contributed by atoms with Gasteiger partial charge in [-0.15, -0.1) is 20.4 Å². The van der Waals surface area contributed by atoms with Gasteiger partial charge in [0.2, 0.25) is 21.2 Å². The summed E-state index contributed by atoms with van der Waals surface area (Å²) >= 11 is 1.36. The minimum Gasteiger partial charge on any atom is -0.327 e. The number of aryl methyl sites for hydroxylation is 1. The third-order valence-electron chi connectivity index (χ3n) is 4.30. The minimum atomic E-state index is -4.60. The van der Waals surface area contributed by atoms with Gasteiger partial charge in [0.25, 0.3) is 0 Å². The Bertz CT molecular complexity index is 1240. The highest BCUT2D eigenvalue weighted by molar-refractivity contribution is 8.00. The first-order valence-corrected chi connectivity index (χ1v) is 10.4. The monoisotopic (exact) mass is 453 g/mol. The Morgan fingerprint density at radius 1 is 1.23 bits per heavy atom. The Morgan fingerprint density at radius 3 is 2.70 bits per heavy atom. The fourth-order valence-electron chi connectivity index (χ4n) is 2.87. The van der Waals surface area contributed by atoms with Gasteiger partial charge in [-0.2, -0.15) is 13.2 Å². The molecule has 0 bridgehead atoms. The summed E-state index contributed by atoms with van der Waals surface area (Å²) in [6, 6.07) is 7.70. The second-order valence-electron chi connectivity index (χ2n) is 6.26. The molecule has 1 unspecified atom stereocenters. The molecule has 1 amide bonds. The summed E-state index contributed by atoms with van der Waals surface area (Å²) in [6.45, 7) is 1.78. The summed E-state index contributed by atoms with van der Waals surface area (Å²) in [5, 5.41) is 16.4. The molecule has 0 aliphatic heterocycles. The maximum absolute atomic E-state index is 12.7. The molecule has 4 aromatic rings. The molecule has 0 aliphatic carbocycles. The van der Waals surface area contributed by atoms with Crippen molar-refractivity contribution in [2.24, 2.45) is 7.05 Å². The highest BCUT2D eigenvalue weighted by atomic mass is 32.2. The number of fused-ring (bicyclic) bond motifs is 3. The van der Waals surface area contributed by atoms with Gasteiger partial charge in [0.1, 0.15) is 5.52 Å². The summed E-state index contributed by atoms with van der Waals surface area (Å²) in [5.74, 6) is -0.506. The van der Waals surface area contributed by atoms with Gasteiger partial charge in [0.15, 0.2) is 5.65 Å². The predicted octanol–water partition coefficient (Wildman–Crippen LogP) is 3.90. The first kappa shape index (κ1) is 20.5. The molecule has 3 heterocycles. The van der Waals surface area contributed by atoms with Crippen LogP contribution in [-0.2, 0) is 18.0 Å². The number of hydrogen-bond donors (Lipinski definition) is 1. The molecule has 1 aromatic carbocycles. The van der Waals surface area contributed by atoms with Crippen molar-refractivity contribution in [3.05, 3.63) is 29.3 Å². The second-order valence-corrected chi connectivity index (χ2v) is 8.40. The lowest BCUT2D eigenvalue weighted by Crippen LogP contribution is -2.24. The Labute approximate surface area is 175 Å². The highest BCUT2D eigenvalue weighted by Gasteiger charge is 2.36.